The van der Waals surface area contributed by atoms with E-state index in [1.807, 2.05) is 30.3 Å². The molecular formula is C77H79BrCl3F3N4O13. The average molecular weight is 1510 g/mol. The zero-order chi connectivity index (χ0) is 71.7. The highest BCUT2D eigenvalue weighted by atomic mass is 79.9. The average Bonchev–Trinajstić information content (AvgIpc) is 1.65. The van der Waals surface area contributed by atoms with Gasteiger partial charge in [0.2, 0.25) is 0 Å². The smallest absolute Gasteiger partial charge is 0.189 e. The number of fused-ring (bicyclic) bond motifs is 4. The van der Waals surface area contributed by atoms with Crippen LogP contribution >= 0.6 is 50.7 Å². The summed E-state index contributed by atoms with van der Waals surface area (Å²) in [6.07, 6.45) is 6.48. The fourth-order valence-corrected chi connectivity index (χ4v) is 13.9. The number of ether oxygens (including phenoxy) is 8. The van der Waals surface area contributed by atoms with Crippen LogP contribution in [0.3, 0.4) is 0 Å². The Morgan fingerprint density at radius 1 is 0.495 bits per heavy atom. The fourth-order valence-electron chi connectivity index (χ4n) is 12.9. The lowest BCUT2D eigenvalue weighted by molar-refractivity contribution is 0.0933. The van der Waals surface area contributed by atoms with Gasteiger partial charge in [0.15, 0.2) is 29.4 Å². The lowest BCUT2D eigenvalue weighted by Gasteiger charge is -2.30. The Morgan fingerprint density at radius 2 is 0.921 bits per heavy atom. The number of methoxy groups -OCH3 is 4. The summed E-state index contributed by atoms with van der Waals surface area (Å²) in [6.45, 7) is 12.9. The van der Waals surface area contributed by atoms with Gasteiger partial charge >= 0.3 is 0 Å². The molecule has 1 N–H and O–H groups in total. The first kappa shape index (κ1) is 75.8. The summed E-state index contributed by atoms with van der Waals surface area (Å²) in [5, 5.41) is 4.14. The topological polar surface area (TPSA) is 181 Å². The van der Waals surface area contributed by atoms with Crippen molar-refractivity contribution in [3.05, 3.63) is 207 Å². The van der Waals surface area contributed by atoms with E-state index in [0.717, 1.165) is 164 Å². The highest BCUT2D eigenvalue weighted by Crippen LogP contribution is 2.42. The highest BCUT2D eigenvalue weighted by Gasteiger charge is 2.34. The highest BCUT2D eigenvalue weighted by molar-refractivity contribution is 9.10. The van der Waals surface area contributed by atoms with Gasteiger partial charge in [-0.25, -0.2) is 13.2 Å². The first-order valence-electron chi connectivity index (χ1n) is 33.3. The molecule has 7 aromatic rings. The maximum atomic E-state index is 14.2. The molecule has 15 rings (SSSR count). The van der Waals surface area contributed by atoms with E-state index >= 15 is 0 Å². The Bertz CT molecular complexity index is 4190. The number of hydrogen-bond acceptors (Lipinski definition) is 17. The zero-order valence-electron chi connectivity index (χ0n) is 56.6. The number of aldehydes is 1. The maximum Gasteiger partial charge on any atom is 0.189 e. The van der Waals surface area contributed by atoms with Crippen molar-refractivity contribution in [2.45, 2.75) is 44.9 Å². The Labute approximate surface area is 609 Å². The zero-order valence-corrected chi connectivity index (χ0v) is 60.5. The number of morpholine rings is 4. The van der Waals surface area contributed by atoms with Crippen molar-refractivity contribution in [1.82, 2.24) is 5.32 Å². The van der Waals surface area contributed by atoms with Gasteiger partial charge in [-0.05, 0) is 167 Å². The number of anilines is 3. The molecule has 4 saturated heterocycles. The molecule has 0 radical (unpaired) electrons. The van der Waals surface area contributed by atoms with E-state index in [4.69, 9.17) is 72.7 Å². The summed E-state index contributed by atoms with van der Waals surface area (Å²) in [6, 6.07) is 28.5. The molecule has 4 aliphatic heterocycles. The van der Waals surface area contributed by atoms with Crippen LogP contribution < -0.4 is 39.0 Å². The molecule has 4 fully saturated rings. The number of halogens is 7. The maximum absolute atomic E-state index is 14.2. The number of carbonyl (C=O) groups excluding carboxylic acids is 5. The van der Waals surface area contributed by atoms with Crippen LogP contribution in [0.4, 0.5) is 30.2 Å². The summed E-state index contributed by atoms with van der Waals surface area (Å²) >= 11 is 20.4. The predicted molar refractivity (Wildman–Crippen MR) is 389 cm³/mol. The van der Waals surface area contributed by atoms with Gasteiger partial charge in [0, 0.05) is 126 Å². The number of hydrogen-bond donors (Lipinski definition) is 1. The number of carbonyl (C=O) groups is 5. The molecule has 4 aliphatic carbocycles. The van der Waals surface area contributed by atoms with Gasteiger partial charge in [-0.1, -0.05) is 46.9 Å². The van der Waals surface area contributed by atoms with E-state index in [1.54, 1.807) is 64.8 Å². The van der Waals surface area contributed by atoms with E-state index in [2.05, 4.69) is 48.1 Å². The molecule has 0 aromatic heterocycles. The molecule has 24 heteroatoms. The van der Waals surface area contributed by atoms with Crippen molar-refractivity contribution < 1.29 is 75.0 Å². The molecule has 1 atom stereocenters. The second-order valence-electron chi connectivity index (χ2n) is 24.5. The standard InChI is InChI=1S/C21H21ClFNO3.C21H19ClFNO3.C14H17NO3.C10H9BrO2.C7H4ClFO.C4H9NO/c2*1-26-20-12-17-14(10-19(20)24-4-6-27-7-5-24)9-15(21(17)25)8-13-2-3-16(22)11-18(13)23;1-17-14-9-11-10(2-3-13(11)16)8-12(14)15-4-6-18-7-5-15;1-13-10-5-7-6(4-8(10)11)2-3-9(7)12;8-6-2-1-5(4-10)7(9)3-6;1-3-6-4-2-5-1/h2-3,10-12,15H,4-9H2,1H3;2-3,8,10-12H,4-7,9H2,1H3;8-9H,2-7H2,1H3;4-5H,2-3H2,1H3;1-4H;5H,1-4H2/b;15-8+;;;;. The van der Waals surface area contributed by atoms with Crippen LogP contribution in [0, 0.1) is 23.4 Å². The van der Waals surface area contributed by atoms with Crippen molar-refractivity contribution in [3.63, 3.8) is 0 Å². The number of aryl methyl sites for hydroxylation is 2. The summed E-state index contributed by atoms with van der Waals surface area (Å²) in [5.41, 5.74) is 11.7. The number of nitrogens with zero attached hydrogens (tertiary/aromatic N) is 3. The first-order valence-corrected chi connectivity index (χ1v) is 35.2. The number of ketones is 4. The monoisotopic (exact) mass is 1510 g/mol. The number of Topliss-reactive ketones (excluding diaryl/α,β-unsaturated/α-hetero) is 4. The van der Waals surface area contributed by atoms with Gasteiger partial charge in [-0.15, -0.1) is 0 Å². The number of benzene rings is 7. The van der Waals surface area contributed by atoms with E-state index < -0.39 is 11.6 Å². The SMILES string of the molecule is C1COCCN1.COc1cc2c(cc1Br)CCC2=O.COc1cc2c(cc1N1CCOCC1)C/C(=C\c1ccc(Cl)cc1F)C2=O.COc1cc2c(cc1N1CCOCC1)CC(Cc1ccc(Cl)cc1F)C2=O.COc1cc2c(cc1N1CCOCC1)CCC2=O.O=Cc1ccc(Cl)cc1F. The minimum absolute atomic E-state index is 0.0319. The van der Waals surface area contributed by atoms with Crippen LogP contribution in [0.25, 0.3) is 6.08 Å². The Morgan fingerprint density at radius 3 is 1.38 bits per heavy atom. The summed E-state index contributed by atoms with van der Waals surface area (Å²) in [5.74, 6) is 1.66. The van der Waals surface area contributed by atoms with E-state index in [-0.39, 0.29) is 40.4 Å². The van der Waals surface area contributed by atoms with Crippen LogP contribution in [-0.2, 0) is 51.1 Å². The predicted octanol–water partition coefficient (Wildman–Crippen LogP) is 14.2. The number of nitrogens with one attached hydrogen (secondary N) is 1. The lowest BCUT2D eigenvalue weighted by atomic mass is 9.95. The van der Waals surface area contributed by atoms with E-state index in [1.165, 1.54) is 24.3 Å². The quantitative estimate of drug-likeness (QED) is 0.0953. The molecule has 0 spiro atoms. The van der Waals surface area contributed by atoms with Gasteiger partial charge in [-0.3, -0.25) is 24.0 Å². The minimum Gasteiger partial charge on any atom is -0.496 e. The Hall–Kier alpha value is -7.83. The number of allylic oxidation sites excluding steroid dienone is 1. The molecule has 534 valence electrons. The third kappa shape index (κ3) is 19.3. The molecule has 4 heterocycles. The van der Waals surface area contributed by atoms with Crippen LogP contribution in [0.1, 0.15) is 98.0 Å². The third-order valence-electron chi connectivity index (χ3n) is 18.2. The molecule has 7 aromatic carbocycles. The lowest BCUT2D eigenvalue weighted by Crippen LogP contribution is -2.36. The normalized spacial score (nSPS) is 17.6. The Balaban J connectivity index is 0.000000138. The molecule has 0 amide bonds. The number of rotatable bonds is 11. The van der Waals surface area contributed by atoms with Crippen molar-refractivity contribution in [2.24, 2.45) is 5.92 Å². The van der Waals surface area contributed by atoms with Gasteiger partial charge in [-0.2, -0.15) is 0 Å². The van der Waals surface area contributed by atoms with Crippen LogP contribution in [-0.4, -0.2) is 163 Å². The minimum atomic E-state index is -0.581. The molecule has 8 aliphatic rings. The Kier molecular flexibility index (Phi) is 27.3. The molecule has 101 heavy (non-hydrogen) atoms. The van der Waals surface area contributed by atoms with Crippen molar-refractivity contribution in [2.75, 3.05) is 148 Å². The van der Waals surface area contributed by atoms with Gasteiger partial charge in [0.1, 0.15) is 40.4 Å². The van der Waals surface area contributed by atoms with Crippen molar-refractivity contribution in [3.8, 4) is 23.0 Å². The summed E-state index contributed by atoms with van der Waals surface area (Å²) < 4.78 is 84.6. The summed E-state index contributed by atoms with van der Waals surface area (Å²) in [7, 11) is 6.48. The molecule has 0 bridgehead atoms. The van der Waals surface area contributed by atoms with Gasteiger partial charge < -0.3 is 57.9 Å². The largest absolute Gasteiger partial charge is 0.496 e. The fraction of sp³-hybridized carbons (Fsp3) is 0.364. The first-order chi connectivity index (χ1) is 48.9. The van der Waals surface area contributed by atoms with Crippen molar-refractivity contribution >= 4 is 103 Å². The second-order valence-corrected chi connectivity index (χ2v) is 26.7. The van der Waals surface area contributed by atoms with E-state index in [9.17, 15) is 37.1 Å². The molecule has 17 nitrogen and oxygen atoms in total. The second kappa shape index (κ2) is 36.4. The molecule has 1 unspecified atom stereocenters. The van der Waals surface area contributed by atoms with Crippen LogP contribution in [0.5, 0.6) is 23.0 Å². The van der Waals surface area contributed by atoms with Gasteiger partial charge in [0.25, 0.3) is 0 Å². The van der Waals surface area contributed by atoms with E-state index in [0.29, 0.717) is 119 Å². The summed E-state index contributed by atoms with van der Waals surface area (Å²) in [4.78, 5) is 65.6. The molecular weight excluding hydrogens is 1430 g/mol. The van der Waals surface area contributed by atoms with Gasteiger partial charge in [0.05, 0.1) is 108 Å². The van der Waals surface area contributed by atoms with Crippen LogP contribution in [0.2, 0.25) is 15.1 Å². The third-order valence-corrected chi connectivity index (χ3v) is 19.5. The van der Waals surface area contributed by atoms with Crippen LogP contribution in [0.15, 0.2) is 113 Å². The molecule has 0 saturated carbocycles. The van der Waals surface area contributed by atoms with Crippen molar-refractivity contribution in [1.29, 1.82) is 0 Å².